The first kappa shape index (κ1) is 16.1. The highest BCUT2D eigenvalue weighted by atomic mass is 16.2. The van der Waals surface area contributed by atoms with Gasteiger partial charge in [-0.2, -0.15) is 0 Å². The second-order valence-electron chi connectivity index (χ2n) is 8.22. The first-order valence-electron chi connectivity index (χ1n) is 10.1. The van der Waals surface area contributed by atoms with E-state index in [1.54, 1.807) is 6.92 Å². The number of aromatic nitrogens is 1. The number of carbonyl (C=O) groups is 1. The van der Waals surface area contributed by atoms with E-state index in [4.69, 9.17) is 0 Å². The van der Waals surface area contributed by atoms with Crippen LogP contribution in [0.25, 0.3) is 10.9 Å². The zero-order valence-corrected chi connectivity index (χ0v) is 15.5. The molecule has 1 unspecified atom stereocenters. The molecular formula is C22H26N2O2. The van der Waals surface area contributed by atoms with Crippen LogP contribution in [0.1, 0.15) is 74.2 Å². The number of pyridine rings is 1. The molecule has 0 N–H and O–H groups in total. The summed E-state index contributed by atoms with van der Waals surface area (Å²) in [5, 5.41) is 0.892. The van der Waals surface area contributed by atoms with E-state index >= 15 is 0 Å². The van der Waals surface area contributed by atoms with Gasteiger partial charge in [-0.05, 0) is 49.3 Å². The Labute approximate surface area is 153 Å². The molecule has 1 amide bonds. The quantitative estimate of drug-likeness (QED) is 0.783. The summed E-state index contributed by atoms with van der Waals surface area (Å²) < 4.78 is 2.33. The second kappa shape index (κ2) is 5.97. The molecule has 2 aromatic rings. The molecular weight excluding hydrogens is 324 g/mol. The van der Waals surface area contributed by atoms with E-state index in [1.807, 2.05) is 4.90 Å². The Balaban J connectivity index is 1.67. The van der Waals surface area contributed by atoms with Crippen molar-refractivity contribution in [2.75, 3.05) is 6.54 Å². The molecule has 3 aliphatic rings. The summed E-state index contributed by atoms with van der Waals surface area (Å²) >= 11 is 0. The number of carbonyl (C=O) groups excluding carboxylic acids is 1. The van der Waals surface area contributed by atoms with Crippen LogP contribution < -0.4 is 5.43 Å². The molecule has 1 fully saturated rings. The van der Waals surface area contributed by atoms with E-state index in [9.17, 15) is 9.59 Å². The van der Waals surface area contributed by atoms with Gasteiger partial charge in [0.25, 0.3) is 0 Å². The molecule has 4 heteroatoms. The predicted octanol–water partition coefficient (Wildman–Crippen LogP) is 3.90. The van der Waals surface area contributed by atoms with E-state index in [-0.39, 0.29) is 17.4 Å². The van der Waals surface area contributed by atoms with Crippen molar-refractivity contribution >= 4 is 16.8 Å². The summed E-state index contributed by atoms with van der Waals surface area (Å²) in [6.07, 6.45) is 8.14. The molecule has 2 aliphatic carbocycles. The summed E-state index contributed by atoms with van der Waals surface area (Å²) in [5.41, 5.74) is 4.67. The molecule has 26 heavy (non-hydrogen) atoms. The van der Waals surface area contributed by atoms with Crippen molar-refractivity contribution < 1.29 is 4.79 Å². The lowest BCUT2D eigenvalue weighted by molar-refractivity contribution is -0.132. The lowest BCUT2D eigenvalue weighted by Gasteiger charge is -2.36. The molecule has 0 spiro atoms. The topological polar surface area (TPSA) is 42.3 Å². The van der Waals surface area contributed by atoms with Gasteiger partial charge in [-0.25, -0.2) is 0 Å². The average molecular weight is 350 g/mol. The van der Waals surface area contributed by atoms with Gasteiger partial charge in [0.05, 0.1) is 11.6 Å². The van der Waals surface area contributed by atoms with Crippen molar-refractivity contribution in [2.45, 2.75) is 70.4 Å². The van der Waals surface area contributed by atoms with Gasteiger partial charge in [-0.15, -0.1) is 0 Å². The fourth-order valence-electron chi connectivity index (χ4n) is 5.56. The fraction of sp³-hybridized carbons (Fsp3) is 0.545. The molecule has 2 heterocycles. The van der Waals surface area contributed by atoms with E-state index in [0.717, 1.165) is 48.1 Å². The normalized spacial score (nSPS) is 22.7. The van der Waals surface area contributed by atoms with Crippen LogP contribution in [-0.4, -0.2) is 21.9 Å². The zero-order valence-electron chi connectivity index (χ0n) is 15.5. The minimum atomic E-state index is 0.0892. The number of hydrogen-bond acceptors (Lipinski definition) is 2. The SMILES string of the molecule is CC(=O)N1CCn2c3c(c(=O)c4cc(C5CCCCC5)ccc42)CCC31. The van der Waals surface area contributed by atoms with Gasteiger partial charge in [0.1, 0.15) is 0 Å². The Morgan fingerprint density at radius 2 is 1.88 bits per heavy atom. The van der Waals surface area contributed by atoms with Crippen molar-refractivity contribution in [3.63, 3.8) is 0 Å². The van der Waals surface area contributed by atoms with E-state index in [0.29, 0.717) is 5.92 Å². The third kappa shape index (κ3) is 2.27. The molecule has 1 aromatic heterocycles. The van der Waals surface area contributed by atoms with Crippen molar-refractivity contribution in [3.8, 4) is 0 Å². The molecule has 1 atom stereocenters. The van der Waals surface area contributed by atoms with Gasteiger partial charge >= 0.3 is 0 Å². The molecule has 136 valence electrons. The van der Waals surface area contributed by atoms with Gasteiger partial charge in [0, 0.05) is 36.7 Å². The predicted molar refractivity (Wildman–Crippen MR) is 102 cm³/mol. The van der Waals surface area contributed by atoms with Crippen LogP contribution in [0.3, 0.4) is 0 Å². The van der Waals surface area contributed by atoms with Crippen LogP contribution in [0.5, 0.6) is 0 Å². The Bertz CT molecular complexity index is 953. The second-order valence-corrected chi connectivity index (χ2v) is 8.22. The van der Waals surface area contributed by atoms with Crippen LogP contribution in [0.2, 0.25) is 0 Å². The summed E-state index contributed by atoms with van der Waals surface area (Å²) in [5.74, 6) is 0.734. The number of rotatable bonds is 1. The summed E-state index contributed by atoms with van der Waals surface area (Å²) in [6.45, 7) is 3.18. The first-order chi connectivity index (χ1) is 12.6. The maximum atomic E-state index is 13.3. The highest BCUT2D eigenvalue weighted by molar-refractivity contribution is 5.82. The molecule has 1 saturated carbocycles. The molecule has 1 aromatic carbocycles. The van der Waals surface area contributed by atoms with Gasteiger partial charge < -0.3 is 9.47 Å². The van der Waals surface area contributed by atoms with Crippen molar-refractivity contribution in [3.05, 3.63) is 45.2 Å². The Hall–Kier alpha value is -2.10. The Morgan fingerprint density at radius 1 is 1.08 bits per heavy atom. The lowest BCUT2D eigenvalue weighted by Crippen LogP contribution is -2.41. The maximum Gasteiger partial charge on any atom is 0.220 e. The minimum Gasteiger partial charge on any atom is -0.340 e. The lowest BCUT2D eigenvalue weighted by atomic mass is 9.83. The average Bonchev–Trinajstić information content (AvgIpc) is 3.12. The van der Waals surface area contributed by atoms with Crippen LogP contribution in [-0.2, 0) is 17.8 Å². The van der Waals surface area contributed by atoms with E-state index < -0.39 is 0 Å². The van der Waals surface area contributed by atoms with Gasteiger partial charge in [0.2, 0.25) is 5.91 Å². The molecule has 4 nitrogen and oxygen atoms in total. The van der Waals surface area contributed by atoms with E-state index in [1.165, 1.54) is 37.7 Å². The molecule has 0 radical (unpaired) electrons. The number of hydrogen-bond donors (Lipinski definition) is 0. The van der Waals surface area contributed by atoms with Crippen LogP contribution in [0.15, 0.2) is 23.0 Å². The number of benzene rings is 1. The fourth-order valence-corrected chi connectivity index (χ4v) is 5.56. The van der Waals surface area contributed by atoms with Crippen molar-refractivity contribution in [1.29, 1.82) is 0 Å². The van der Waals surface area contributed by atoms with Crippen molar-refractivity contribution in [1.82, 2.24) is 9.47 Å². The summed E-state index contributed by atoms with van der Waals surface area (Å²) in [7, 11) is 0. The van der Waals surface area contributed by atoms with Gasteiger partial charge in [-0.1, -0.05) is 25.3 Å². The van der Waals surface area contributed by atoms with E-state index in [2.05, 4.69) is 22.8 Å². The highest BCUT2D eigenvalue weighted by Crippen LogP contribution is 2.40. The molecule has 0 saturated heterocycles. The van der Waals surface area contributed by atoms with Crippen LogP contribution >= 0.6 is 0 Å². The molecule has 0 bridgehead atoms. The minimum absolute atomic E-state index is 0.0892. The third-order valence-corrected chi connectivity index (χ3v) is 6.84. The van der Waals surface area contributed by atoms with Gasteiger partial charge in [-0.3, -0.25) is 9.59 Å². The van der Waals surface area contributed by atoms with Gasteiger partial charge in [0.15, 0.2) is 5.43 Å². The monoisotopic (exact) mass is 350 g/mol. The van der Waals surface area contributed by atoms with Crippen LogP contribution in [0, 0.1) is 0 Å². The van der Waals surface area contributed by atoms with Crippen molar-refractivity contribution in [2.24, 2.45) is 0 Å². The Kier molecular flexibility index (Phi) is 3.70. The summed E-state index contributed by atoms with van der Waals surface area (Å²) in [4.78, 5) is 27.2. The smallest absolute Gasteiger partial charge is 0.220 e. The largest absolute Gasteiger partial charge is 0.340 e. The number of fused-ring (bicyclic) bond motifs is 2. The maximum absolute atomic E-state index is 13.3. The molecule has 5 rings (SSSR count). The van der Waals surface area contributed by atoms with Crippen LogP contribution in [0.4, 0.5) is 0 Å². The Morgan fingerprint density at radius 3 is 2.65 bits per heavy atom. The standard InChI is InChI=1S/C22H26N2O2/c1-14(25)23-11-12-24-19-9-7-16(15-5-3-2-4-6-15)13-18(19)22(26)17-8-10-20(23)21(17)24/h7,9,13,15,20H,2-6,8,10-12H2,1H3. The third-order valence-electron chi connectivity index (χ3n) is 6.84. The number of nitrogens with zero attached hydrogens (tertiary/aromatic N) is 2. The first-order valence-corrected chi connectivity index (χ1v) is 10.1. The highest BCUT2D eigenvalue weighted by Gasteiger charge is 2.37. The molecule has 1 aliphatic heterocycles. The number of amides is 1. The zero-order chi connectivity index (χ0) is 17.8. The summed E-state index contributed by atoms with van der Waals surface area (Å²) in [6, 6.07) is 6.68.